The van der Waals surface area contributed by atoms with Crippen LogP contribution in [0.5, 0.6) is 11.5 Å². The van der Waals surface area contributed by atoms with Crippen LogP contribution in [0.15, 0.2) is 77.7 Å². The normalized spacial score (nSPS) is 12.6. The third-order valence-electron chi connectivity index (χ3n) is 6.99. The van der Waals surface area contributed by atoms with Crippen LogP contribution in [0.1, 0.15) is 32.8 Å². The lowest BCUT2D eigenvalue weighted by atomic mass is 10.1. The van der Waals surface area contributed by atoms with Gasteiger partial charge in [-0.1, -0.05) is 37.3 Å². The van der Waals surface area contributed by atoms with Gasteiger partial charge in [-0.3, -0.25) is 13.9 Å². The molecule has 0 aliphatic rings. The van der Waals surface area contributed by atoms with E-state index in [0.29, 0.717) is 18.6 Å². The van der Waals surface area contributed by atoms with Gasteiger partial charge in [0.1, 0.15) is 18.4 Å². The number of carbonyl (C=O) groups is 2. The van der Waals surface area contributed by atoms with E-state index in [1.54, 1.807) is 6.92 Å². The number of carbonyl (C=O) groups excluding carboxylic acids is 2. The van der Waals surface area contributed by atoms with Gasteiger partial charge < -0.3 is 19.7 Å². The van der Waals surface area contributed by atoms with Crippen molar-refractivity contribution in [1.29, 1.82) is 0 Å². The van der Waals surface area contributed by atoms with Gasteiger partial charge in [-0.05, 0) is 68.7 Å². The Labute approximate surface area is 247 Å². The van der Waals surface area contributed by atoms with Crippen LogP contribution in [-0.2, 0) is 26.0 Å². The van der Waals surface area contributed by atoms with E-state index in [-0.39, 0.29) is 34.8 Å². The van der Waals surface area contributed by atoms with Crippen molar-refractivity contribution in [1.82, 2.24) is 10.2 Å². The van der Waals surface area contributed by atoms with Crippen molar-refractivity contribution >= 4 is 27.5 Å². The first-order chi connectivity index (χ1) is 20.0. The molecule has 0 heterocycles. The molecular formula is C31H38FN3O6S. The van der Waals surface area contributed by atoms with Crippen LogP contribution in [0.2, 0.25) is 0 Å². The van der Waals surface area contributed by atoms with E-state index in [0.717, 1.165) is 22.0 Å². The number of nitrogens with one attached hydrogen (secondary N) is 1. The van der Waals surface area contributed by atoms with E-state index >= 15 is 0 Å². The summed E-state index contributed by atoms with van der Waals surface area (Å²) in [6.07, 6.45) is 1.16. The molecule has 0 saturated carbocycles. The summed E-state index contributed by atoms with van der Waals surface area (Å²) in [5.74, 6) is -0.987. The molecule has 3 aromatic carbocycles. The predicted molar refractivity (Wildman–Crippen MR) is 160 cm³/mol. The molecule has 2 atom stereocenters. The third kappa shape index (κ3) is 8.00. The molecule has 1 N–H and O–H groups in total. The Morgan fingerprint density at radius 3 is 2.17 bits per heavy atom. The van der Waals surface area contributed by atoms with E-state index in [1.807, 2.05) is 44.2 Å². The SMILES string of the molecule is CC[C@H](C)NC(=O)[C@@H](C)N(CCc1ccccc1)C(=O)CN(c1ccc(F)cc1)S(=O)(=O)c1ccc(OC)c(OC)c1. The topological polar surface area (TPSA) is 105 Å². The highest BCUT2D eigenvalue weighted by atomic mass is 32.2. The number of sulfonamides is 1. The Kier molecular flexibility index (Phi) is 11.3. The summed E-state index contributed by atoms with van der Waals surface area (Å²) in [6, 6.07) is 17.4. The minimum absolute atomic E-state index is 0.0826. The smallest absolute Gasteiger partial charge is 0.264 e. The van der Waals surface area contributed by atoms with Gasteiger partial charge in [0, 0.05) is 18.7 Å². The Balaban J connectivity index is 2.01. The van der Waals surface area contributed by atoms with Crippen LogP contribution in [0, 0.1) is 5.82 Å². The molecule has 0 bridgehead atoms. The van der Waals surface area contributed by atoms with Crippen LogP contribution in [0.25, 0.3) is 0 Å². The molecule has 0 saturated heterocycles. The summed E-state index contributed by atoms with van der Waals surface area (Å²) in [7, 11) is -1.55. The number of methoxy groups -OCH3 is 2. The van der Waals surface area contributed by atoms with Crippen LogP contribution in [-0.4, -0.2) is 64.5 Å². The van der Waals surface area contributed by atoms with Gasteiger partial charge in [0.15, 0.2) is 11.5 Å². The van der Waals surface area contributed by atoms with Gasteiger partial charge in [0.25, 0.3) is 10.0 Å². The van der Waals surface area contributed by atoms with Crippen molar-refractivity contribution in [3.8, 4) is 11.5 Å². The summed E-state index contributed by atoms with van der Waals surface area (Å²) >= 11 is 0. The third-order valence-corrected chi connectivity index (χ3v) is 8.76. The van der Waals surface area contributed by atoms with E-state index in [1.165, 1.54) is 49.5 Å². The van der Waals surface area contributed by atoms with Gasteiger partial charge in [-0.15, -0.1) is 0 Å². The molecule has 42 heavy (non-hydrogen) atoms. The molecule has 11 heteroatoms. The van der Waals surface area contributed by atoms with Gasteiger partial charge in [0.05, 0.1) is 24.8 Å². The molecule has 0 aliphatic heterocycles. The summed E-state index contributed by atoms with van der Waals surface area (Å²) in [5, 5.41) is 2.90. The highest BCUT2D eigenvalue weighted by Crippen LogP contribution is 2.32. The average Bonchev–Trinajstić information content (AvgIpc) is 3.00. The quantitative estimate of drug-likeness (QED) is 0.294. The van der Waals surface area contributed by atoms with E-state index in [2.05, 4.69) is 5.32 Å². The van der Waals surface area contributed by atoms with Crippen molar-refractivity contribution in [3.05, 3.63) is 84.2 Å². The van der Waals surface area contributed by atoms with Crippen molar-refractivity contribution in [3.63, 3.8) is 0 Å². The second-order valence-corrected chi connectivity index (χ2v) is 11.7. The van der Waals surface area contributed by atoms with Crippen molar-refractivity contribution in [2.45, 2.75) is 50.6 Å². The lowest BCUT2D eigenvalue weighted by Gasteiger charge is -2.32. The highest BCUT2D eigenvalue weighted by Gasteiger charge is 2.33. The highest BCUT2D eigenvalue weighted by molar-refractivity contribution is 7.92. The molecule has 3 aromatic rings. The van der Waals surface area contributed by atoms with Gasteiger partial charge in [-0.2, -0.15) is 0 Å². The maximum absolute atomic E-state index is 14.0. The minimum atomic E-state index is -4.36. The zero-order valence-corrected chi connectivity index (χ0v) is 25.4. The number of anilines is 1. The van der Waals surface area contributed by atoms with Gasteiger partial charge in [0.2, 0.25) is 11.8 Å². The zero-order chi connectivity index (χ0) is 30.9. The van der Waals surface area contributed by atoms with E-state index in [9.17, 15) is 22.4 Å². The number of nitrogens with zero attached hydrogens (tertiary/aromatic N) is 2. The summed E-state index contributed by atoms with van der Waals surface area (Å²) < 4.78 is 53.2. The molecule has 0 radical (unpaired) electrons. The second kappa shape index (κ2) is 14.7. The molecule has 0 spiro atoms. The van der Waals surface area contributed by atoms with Crippen molar-refractivity contribution in [2.24, 2.45) is 0 Å². The number of hydrogen-bond donors (Lipinski definition) is 1. The first kappa shape index (κ1) is 32.4. The minimum Gasteiger partial charge on any atom is -0.493 e. The molecule has 0 unspecified atom stereocenters. The van der Waals surface area contributed by atoms with Crippen molar-refractivity contribution in [2.75, 3.05) is 31.6 Å². The number of ether oxygens (including phenoxy) is 2. The van der Waals surface area contributed by atoms with Gasteiger partial charge >= 0.3 is 0 Å². The van der Waals surface area contributed by atoms with Crippen LogP contribution in [0.3, 0.4) is 0 Å². The molecule has 3 rings (SSSR count). The lowest BCUT2D eigenvalue weighted by Crippen LogP contribution is -2.53. The summed E-state index contributed by atoms with van der Waals surface area (Å²) in [5.41, 5.74) is 1.04. The Hall–Kier alpha value is -4.12. The fourth-order valence-electron chi connectivity index (χ4n) is 4.28. The number of rotatable bonds is 14. The zero-order valence-electron chi connectivity index (χ0n) is 24.5. The molecule has 0 aliphatic carbocycles. The fraction of sp³-hybridized carbons (Fsp3) is 0.355. The number of halogens is 1. The van der Waals surface area contributed by atoms with E-state index in [4.69, 9.17) is 9.47 Å². The summed E-state index contributed by atoms with van der Waals surface area (Å²) in [4.78, 5) is 28.3. The largest absolute Gasteiger partial charge is 0.493 e. The summed E-state index contributed by atoms with van der Waals surface area (Å²) in [6.45, 7) is 4.97. The first-order valence-corrected chi connectivity index (χ1v) is 15.1. The standard InChI is InChI=1S/C31H38FN3O6S/c1-6-22(2)33-31(37)23(3)34(19-18-24-10-8-7-9-11-24)30(36)21-35(26-14-12-25(32)13-15-26)42(38,39)27-16-17-28(40-4)29(20-27)41-5/h7-17,20,22-23H,6,18-19,21H2,1-5H3,(H,33,37)/t22-,23+/m0/s1. The Morgan fingerprint density at radius 2 is 1.57 bits per heavy atom. The molecular weight excluding hydrogens is 561 g/mol. The monoisotopic (exact) mass is 599 g/mol. The lowest BCUT2D eigenvalue weighted by molar-refractivity contribution is -0.139. The average molecular weight is 600 g/mol. The maximum atomic E-state index is 14.0. The molecule has 226 valence electrons. The number of benzene rings is 3. The molecule has 0 fully saturated rings. The fourth-order valence-corrected chi connectivity index (χ4v) is 5.71. The predicted octanol–water partition coefficient (Wildman–Crippen LogP) is 4.41. The van der Waals surface area contributed by atoms with Crippen LogP contribution < -0.4 is 19.1 Å². The second-order valence-electron chi connectivity index (χ2n) is 9.82. The van der Waals surface area contributed by atoms with Crippen LogP contribution >= 0.6 is 0 Å². The van der Waals surface area contributed by atoms with Crippen LogP contribution in [0.4, 0.5) is 10.1 Å². The molecule has 2 amide bonds. The number of amides is 2. The van der Waals surface area contributed by atoms with Crippen molar-refractivity contribution < 1.29 is 31.9 Å². The maximum Gasteiger partial charge on any atom is 0.264 e. The molecule has 9 nitrogen and oxygen atoms in total. The number of hydrogen-bond acceptors (Lipinski definition) is 6. The van der Waals surface area contributed by atoms with Gasteiger partial charge in [-0.25, -0.2) is 12.8 Å². The Bertz CT molecular complexity index is 1450. The van der Waals surface area contributed by atoms with E-state index < -0.39 is 34.3 Å². The Morgan fingerprint density at radius 1 is 0.929 bits per heavy atom. The first-order valence-electron chi connectivity index (χ1n) is 13.7. The molecule has 0 aromatic heterocycles.